The van der Waals surface area contributed by atoms with Crippen LogP contribution in [0.25, 0.3) is 0 Å². The first-order valence-corrected chi connectivity index (χ1v) is 6.73. The van der Waals surface area contributed by atoms with E-state index in [1.165, 1.54) is 0 Å². The van der Waals surface area contributed by atoms with Gasteiger partial charge in [0.25, 0.3) is 5.91 Å². The van der Waals surface area contributed by atoms with Crippen molar-refractivity contribution in [1.29, 1.82) is 0 Å². The molecule has 1 amide bonds. The number of carbonyl (C=O) groups is 1. The summed E-state index contributed by atoms with van der Waals surface area (Å²) >= 11 is 0. The van der Waals surface area contributed by atoms with Gasteiger partial charge in [-0.1, -0.05) is 12.1 Å². The largest absolute Gasteiger partial charge is 0.481 e. The highest BCUT2D eigenvalue weighted by molar-refractivity contribution is 5.80. The van der Waals surface area contributed by atoms with Gasteiger partial charge in [0.1, 0.15) is 5.75 Å². The SMILES string of the molecule is CCN(CC)C(=O)C(C)Oc1ccc([C@@H](C)O)cc1. The smallest absolute Gasteiger partial charge is 0.263 e. The summed E-state index contributed by atoms with van der Waals surface area (Å²) in [6.45, 7) is 8.73. The van der Waals surface area contributed by atoms with E-state index in [4.69, 9.17) is 4.74 Å². The lowest BCUT2D eigenvalue weighted by Gasteiger charge is -2.23. The van der Waals surface area contributed by atoms with Crippen LogP contribution in [0, 0.1) is 0 Å². The quantitative estimate of drug-likeness (QED) is 0.859. The first-order chi connectivity index (χ1) is 8.99. The van der Waals surface area contributed by atoms with E-state index in [1.807, 2.05) is 13.8 Å². The van der Waals surface area contributed by atoms with Crippen molar-refractivity contribution in [3.63, 3.8) is 0 Å². The number of benzene rings is 1. The normalized spacial score (nSPS) is 13.7. The van der Waals surface area contributed by atoms with E-state index in [0.717, 1.165) is 5.56 Å². The molecule has 19 heavy (non-hydrogen) atoms. The van der Waals surface area contributed by atoms with E-state index in [0.29, 0.717) is 18.8 Å². The highest BCUT2D eigenvalue weighted by Crippen LogP contribution is 2.18. The molecule has 0 radical (unpaired) electrons. The topological polar surface area (TPSA) is 49.8 Å². The van der Waals surface area contributed by atoms with E-state index in [-0.39, 0.29) is 5.91 Å². The van der Waals surface area contributed by atoms with Gasteiger partial charge in [0.2, 0.25) is 0 Å². The molecule has 4 nitrogen and oxygen atoms in total. The highest BCUT2D eigenvalue weighted by atomic mass is 16.5. The molecule has 1 N–H and O–H groups in total. The molecule has 1 rings (SSSR count). The summed E-state index contributed by atoms with van der Waals surface area (Å²) in [4.78, 5) is 13.8. The maximum absolute atomic E-state index is 12.0. The van der Waals surface area contributed by atoms with Crippen molar-refractivity contribution >= 4 is 5.91 Å². The number of carbonyl (C=O) groups excluding carboxylic acids is 1. The van der Waals surface area contributed by atoms with Crippen molar-refractivity contribution in [3.05, 3.63) is 29.8 Å². The van der Waals surface area contributed by atoms with Crippen molar-refractivity contribution in [2.24, 2.45) is 0 Å². The zero-order chi connectivity index (χ0) is 14.4. The molecule has 0 aromatic heterocycles. The van der Waals surface area contributed by atoms with Crippen molar-refractivity contribution in [2.75, 3.05) is 13.1 Å². The van der Waals surface area contributed by atoms with Gasteiger partial charge in [-0.2, -0.15) is 0 Å². The standard InChI is InChI=1S/C15H23NO3/c1-5-16(6-2)15(18)12(4)19-14-9-7-13(8-10-14)11(3)17/h7-12,17H,5-6H2,1-4H3/t11-,12?/m1/s1. The third kappa shape index (κ3) is 4.24. The van der Waals surface area contributed by atoms with E-state index in [2.05, 4.69) is 0 Å². The molecule has 1 aromatic rings. The fraction of sp³-hybridized carbons (Fsp3) is 0.533. The summed E-state index contributed by atoms with van der Waals surface area (Å²) in [5.74, 6) is 0.627. The number of aliphatic hydroxyl groups is 1. The minimum Gasteiger partial charge on any atom is -0.481 e. The Bertz CT molecular complexity index is 396. The lowest BCUT2D eigenvalue weighted by Crippen LogP contribution is -2.40. The molecule has 0 bridgehead atoms. The van der Waals surface area contributed by atoms with Gasteiger partial charge in [-0.25, -0.2) is 0 Å². The maximum atomic E-state index is 12.0. The molecule has 0 aliphatic heterocycles. The number of ether oxygens (including phenoxy) is 1. The molecule has 106 valence electrons. The number of rotatable bonds is 6. The summed E-state index contributed by atoms with van der Waals surface area (Å²) in [7, 11) is 0. The molecule has 0 spiro atoms. The molecule has 0 heterocycles. The average molecular weight is 265 g/mol. The minimum absolute atomic E-state index is 0.00963. The lowest BCUT2D eigenvalue weighted by atomic mass is 10.1. The Kier molecular flexibility index (Phi) is 5.83. The van der Waals surface area contributed by atoms with Crippen molar-refractivity contribution in [3.8, 4) is 5.75 Å². The zero-order valence-electron chi connectivity index (χ0n) is 12.1. The molecule has 0 saturated heterocycles. The number of hydrogen-bond donors (Lipinski definition) is 1. The van der Waals surface area contributed by atoms with Gasteiger partial charge in [0.05, 0.1) is 6.10 Å². The highest BCUT2D eigenvalue weighted by Gasteiger charge is 2.19. The second-order valence-corrected chi connectivity index (χ2v) is 4.52. The Morgan fingerprint density at radius 3 is 2.16 bits per heavy atom. The molecule has 0 fully saturated rings. The summed E-state index contributed by atoms with van der Waals surface area (Å²) in [6.07, 6.45) is -0.999. The summed E-state index contributed by atoms with van der Waals surface area (Å²) in [5, 5.41) is 9.42. The van der Waals surface area contributed by atoms with E-state index in [1.54, 1.807) is 43.0 Å². The molecule has 0 aliphatic carbocycles. The lowest BCUT2D eigenvalue weighted by molar-refractivity contribution is -0.137. The van der Waals surface area contributed by atoms with Gasteiger partial charge in [-0.15, -0.1) is 0 Å². The van der Waals surface area contributed by atoms with Crippen molar-refractivity contribution < 1.29 is 14.6 Å². The Hall–Kier alpha value is -1.55. The Balaban J connectivity index is 2.66. The van der Waals surface area contributed by atoms with Crippen LogP contribution in [0.3, 0.4) is 0 Å². The predicted molar refractivity (Wildman–Crippen MR) is 75.1 cm³/mol. The Morgan fingerprint density at radius 1 is 1.21 bits per heavy atom. The van der Waals surface area contributed by atoms with Gasteiger partial charge in [-0.05, 0) is 45.4 Å². The van der Waals surface area contributed by atoms with Gasteiger partial charge < -0.3 is 14.7 Å². The molecule has 1 aromatic carbocycles. The van der Waals surface area contributed by atoms with Crippen molar-refractivity contribution in [1.82, 2.24) is 4.90 Å². The monoisotopic (exact) mass is 265 g/mol. The first kappa shape index (κ1) is 15.5. The summed E-state index contributed by atoms with van der Waals surface area (Å²) in [6, 6.07) is 7.14. The van der Waals surface area contributed by atoms with Crippen LogP contribution < -0.4 is 4.74 Å². The van der Waals surface area contributed by atoms with Crippen LogP contribution in [0.1, 0.15) is 39.4 Å². The minimum atomic E-state index is -0.503. The third-order valence-electron chi connectivity index (χ3n) is 3.10. The molecule has 4 heteroatoms. The molecule has 2 atom stereocenters. The molecule has 0 aliphatic rings. The van der Waals surface area contributed by atoms with Crippen LogP contribution in [-0.4, -0.2) is 35.1 Å². The summed E-state index contributed by atoms with van der Waals surface area (Å²) < 4.78 is 5.62. The molecule has 1 unspecified atom stereocenters. The number of nitrogens with zero attached hydrogens (tertiary/aromatic N) is 1. The average Bonchev–Trinajstić information content (AvgIpc) is 2.40. The van der Waals surface area contributed by atoms with Crippen LogP contribution in [0.5, 0.6) is 5.75 Å². The fourth-order valence-electron chi connectivity index (χ4n) is 1.87. The van der Waals surface area contributed by atoms with Gasteiger partial charge in [0, 0.05) is 13.1 Å². The van der Waals surface area contributed by atoms with Crippen LogP contribution in [-0.2, 0) is 4.79 Å². The molecule has 0 saturated carbocycles. The maximum Gasteiger partial charge on any atom is 0.263 e. The van der Waals surface area contributed by atoms with Crippen LogP contribution in [0.2, 0.25) is 0 Å². The Labute approximate surface area is 115 Å². The van der Waals surface area contributed by atoms with Crippen LogP contribution in [0.4, 0.5) is 0 Å². The van der Waals surface area contributed by atoms with Gasteiger partial charge in [-0.3, -0.25) is 4.79 Å². The second kappa shape index (κ2) is 7.14. The third-order valence-corrected chi connectivity index (χ3v) is 3.10. The predicted octanol–water partition coefficient (Wildman–Crippen LogP) is 2.38. The van der Waals surface area contributed by atoms with E-state index < -0.39 is 12.2 Å². The first-order valence-electron chi connectivity index (χ1n) is 6.73. The van der Waals surface area contributed by atoms with Gasteiger partial charge in [0.15, 0.2) is 6.10 Å². The Morgan fingerprint density at radius 2 is 1.74 bits per heavy atom. The van der Waals surface area contributed by atoms with Crippen molar-refractivity contribution in [2.45, 2.75) is 39.9 Å². The number of amides is 1. The van der Waals surface area contributed by atoms with E-state index >= 15 is 0 Å². The second-order valence-electron chi connectivity index (χ2n) is 4.52. The number of likely N-dealkylation sites (N-methyl/N-ethyl adjacent to an activating group) is 1. The van der Waals surface area contributed by atoms with E-state index in [9.17, 15) is 9.90 Å². The summed E-state index contributed by atoms with van der Waals surface area (Å²) in [5.41, 5.74) is 0.829. The van der Waals surface area contributed by atoms with Crippen LogP contribution in [0.15, 0.2) is 24.3 Å². The molecular weight excluding hydrogens is 242 g/mol. The number of hydrogen-bond acceptors (Lipinski definition) is 3. The number of aliphatic hydroxyl groups excluding tert-OH is 1. The van der Waals surface area contributed by atoms with Gasteiger partial charge >= 0.3 is 0 Å². The fourth-order valence-corrected chi connectivity index (χ4v) is 1.87. The molecular formula is C15H23NO3. The van der Waals surface area contributed by atoms with Crippen LogP contribution >= 0.6 is 0 Å². The zero-order valence-corrected chi connectivity index (χ0v) is 12.1.